The highest BCUT2D eigenvalue weighted by Gasteiger charge is 2.11. The molecule has 0 saturated carbocycles. The van der Waals surface area contributed by atoms with Gasteiger partial charge in [0.05, 0.1) is 17.4 Å². The van der Waals surface area contributed by atoms with Crippen molar-refractivity contribution in [3.63, 3.8) is 0 Å². The first-order valence-electron chi connectivity index (χ1n) is 5.40. The van der Waals surface area contributed by atoms with E-state index < -0.39 is 11.8 Å². The van der Waals surface area contributed by atoms with E-state index in [1.807, 2.05) is 0 Å². The average molecular weight is 262 g/mol. The van der Waals surface area contributed by atoms with Crippen LogP contribution in [-0.4, -0.2) is 16.1 Å². The number of aromatic nitrogens is 1. The van der Waals surface area contributed by atoms with Gasteiger partial charge in [0.2, 0.25) is 5.88 Å². The number of nitrogens with two attached hydrogens (primary N) is 1. The quantitative estimate of drug-likeness (QED) is 0.888. The first-order valence-corrected chi connectivity index (χ1v) is 5.40. The maximum absolute atomic E-state index is 13.3. The number of hydrogen-bond acceptors (Lipinski definition) is 4. The Kier molecular flexibility index (Phi) is 3.33. The molecule has 0 fully saturated rings. The van der Waals surface area contributed by atoms with Crippen molar-refractivity contribution in [2.24, 2.45) is 0 Å². The van der Waals surface area contributed by atoms with Crippen LogP contribution in [0.3, 0.4) is 0 Å². The molecule has 0 radical (unpaired) electrons. The van der Waals surface area contributed by atoms with Crippen molar-refractivity contribution in [3.05, 3.63) is 47.4 Å². The Morgan fingerprint density at radius 2 is 2.16 bits per heavy atom. The van der Waals surface area contributed by atoms with Crippen molar-refractivity contribution >= 4 is 11.7 Å². The normalized spacial score (nSPS) is 10.2. The maximum Gasteiger partial charge on any atom is 0.338 e. The zero-order chi connectivity index (χ0) is 14.0. The molecule has 2 rings (SSSR count). The number of pyridine rings is 1. The highest BCUT2D eigenvalue weighted by Crippen LogP contribution is 2.24. The smallest absolute Gasteiger partial charge is 0.338 e. The Hall–Kier alpha value is -2.63. The van der Waals surface area contributed by atoms with Gasteiger partial charge in [-0.3, -0.25) is 0 Å². The minimum atomic E-state index is -1.18. The van der Waals surface area contributed by atoms with Crippen molar-refractivity contribution in [2.45, 2.75) is 6.92 Å². The largest absolute Gasteiger partial charge is 0.478 e. The standard InChI is InChI=1S/C13H11FN2O3/c1-7-2-3-8(4-10(7)14)19-12-5-9(13(17)18)11(15)6-16-12/h2-6H,15H2,1H3,(H,17,18). The molecule has 1 aromatic heterocycles. The molecule has 0 spiro atoms. The first kappa shape index (κ1) is 12.8. The van der Waals surface area contributed by atoms with Crippen LogP contribution in [0.25, 0.3) is 0 Å². The minimum Gasteiger partial charge on any atom is -0.478 e. The summed E-state index contributed by atoms with van der Waals surface area (Å²) in [4.78, 5) is 14.7. The summed E-state index contributed by atoms with van der Waals surface area (Å²) in [5.41, 5.74) is 5.88. The third-order valence-electron chi connectivity index (χ3n) is 2.51. The number of benzene rings is 1. The van der Waals surface area contributed by atoms with E-state index in [1.165, 1.54) is 18.3 Å². The molecule has 2 aromatic rings. The third kappa shape index (κ3) is 2.79. The number of carboxylic acids is 1. The number of ether oxygens (including phenoxy) is 1. The summed E-state index contributed by atoms with van der Waals surface area (Å²) < 4.78 is 18.6. The van der Waals surface area contributed by atoms with E-state index in [0.29, 0.717) is 5.56 Å². The van der Waals surface area contributed by atoms with Crippen molar-refractivity contribution in [1.82, 2.24) is 4.98 Å². The van der Waals surface area contributed by atoms with Crippen LogP contribution >= 0.6 is 0 Å². The number of anilines is 1. The molecule has 1 aromatic carbocycles. The lowest BCUT2D eigenvalue weighted by atomic mass is 10.2. The van der Waals surface area contributed by atoms with Gasteiger partial charge in [-0.1, -0.05) is 6.07 Å². The van der Waals surface area contributed by atoms with Crippen LogP contribution in [0, 0.1) is 12.7 Å². The second kappa shape index (κ2) is 4.93. The molecule has 1 heterocycles. The van der Waals surface area contributed by atoms with Crippen LogP contribution in [0.1, 0.15) is 15.9 Å². The third-order valence-corrected chi connectivity index (χ3v) is 2.51. The van der Waals surface area contributed by atoms with Gasteiger partial charge in [0.1, 0.15) is 11.6 Å². The highest BCUT2D eigenvalue weighted by molar-refractivity contribution is 5.93. The Labute approximate surface area is 108 Å². The Balaban J connectivity index is 2.30. The van der Waals surface area contributed by atoms with E-state index in [0.717, 1.165) is 0 Å². The van der Waals surface area contributed by atoms with Crippen molar-refractivity contribution < 1.29 is 19.0 Å². The van der Waals surface area contributed by atoms with Crippen molar-refractivity contribution in [1.29, 1.82) is 0 Å². The van der Waals surface area contributed by atoms with Gasteiger partial charge in [-0.15, -0.1) is 0 Å². The maximum atomic E-state index is 13.3. The number of hydrogen-bond donors (Lipinski definition) is 2. The van der Waals surface area contributed by atoms with Gasteiger partial charge >= 0.3 is 5.97 Å². The van der Waals surface area contributed by atoms with Crippen LogP contribution in [0.15, 0.2) is 30.5 Å². The highest BCUT2D eigenvalue weighted by atomic mass is 19.1. The van der Waals surface area contributed by atoms with E-state index in [9.17, 15) is 9.18 Å². The van der Waals surface area contributed by atoms with Crippen LogP contribution in [0.2, 0.25) is 0 Å². The topological polar surface area (TPSA) is 85.4 Å². The van der Waals surface area contributed by atoms with Gasteiger partial charge in [0.25, 0.3) is 0 Å². The fourth-order valence-electron chi connectivity index (χ4n) is 1.45. The number of carboxylic acid groups (broad SMARTS) is 1. The summed E-state index contributed by atoms with van der Waals surface area (Å²) in [6, 6.07) is 5.51. The summed E-state index contributed by atoms with van der Waals surface area (Å²) in [7, 11) is 0. The summed E-state index contributed by atoms with van der Waals surface area (Å²) in [5, 5.41) is 8.91. The SMILES string of the molecule is Cc1ccc(Oc2cc(C(=O)O)c(N)cn2)cc1F. The lowest BCUT2D eigenvalue weighted by Crippen LogP contribution is -2.03. The van der Waals surface area contributed by atoms with Gasteiger partial charge < -0.3 is 15.6 Å². The number of halogens is 1. The molecular weight excluding hydrogens is 251 g/mol. The molecule has 98 valence electrons. The summed E-state index contributed by atoms with van der Waals surface area (Å²) in [5.74, 6) is -1.32. The summed E-state index contributed by atoms with van der Waals surface area (Å²) >= 11 is 0. The number of nitrogens with zero attached hydrogens (tertiary/aromatic N) is 1. The zero-order valence-electron chi connectivity index (χ0n) is 10.1. The molecule has 5 nitrogen and oxygen atoms in total. The van der Waals surface area contributed by atoms with Crippen molar-refractivity contribution in [2.75, 3.05) is 5.73 Å². The van der Waals surface area contributed by atoms with E-state index >= 15 is 0 Å². The molecule has 0 aliphatic carbocycles. The van der Waals surface area contributed by atoms with Crippen LogP contribution in [-0.2, 0) is 0 Å². The van der Waals surface area contributed by atoms with Gasteiger partial charge in [-0.05, 0) is 18.6 Å². The number of carbonyl (C=O) groups is 1. The number of nitrogen functional groups attached to an aromatic ring is 1. The second-order valence-corrected chi connectivity index (χ2v) is 3.93. The van der Waals surface area contributed by atoms with E-state index in [4.69, 9.17) is 15.6 Å². The van der Waals surface area contributed by atoms with Crippen LogP contribution in [0.4, 0.5) is 10.1 Å². The average Bonchev–Trinajstić information content (AvgIpc) is 2.36. The molecule has 0 bridgehead atoms. The number of rotatable bonds is 3. The predicted molar refractivity (Wildman–Crippen MR) is 66.8 cm³/mol. The van der Waals surface area contributed by atoms with Gasteiger partial charge in [0.15, 0.2) is 0 Å². The lowest BCUT2D eigenvalue weighted by Gasteiger charge is -2.07. The number of aromatic carboxylic acids is 1. The molecule has 0 aliphatic rings. The Morgan fingerprint density at radius 3 is 2.79 bits per heavy atom. The number of aryl methyl sites for hydroxylation is 1. The van der Waals surface area contributed by atoms with E-state index in [2.05, 4.69) is 4.98 Å². The fourth-order valence-corrected chi connectivity index (χ4v) is 1.45. The molecule has 6 heteroatoms. The molecule has 0 aliphatic heterocycles. The predicted octanol–water partition coefficient (Wildman–Crippen LogP) is 2.60. The molecule has 19 heavy (non-hydrogen) atoms. The van der Waals surface area contributed by atoms with Gasteiger partial charge in [0, 0.05) is 12.1 Å². The molecule has 0 atom stereocenters. The summed E-state index contributed by atoms with van der Waals surface area (Å²) in [6.45, 7) is 1.63. The van der Waals surface area contributed by atoms with Gasteiger partial charge in [-0.2, -0.15) is 0 Å². The van der Waals surface area contributed by atoms with Crippen LogP contribution in [0.5, 0.6) is 11.6 Å². The van der Waals surface area contributed by atoms with Crippen LogP contribution < -0.4 is 10.5 Å². The zero-order valence-corrected chi connectivity index (χ0v) is 10.1. The van der Waals surface area contributed by atoms with E-state index in [1.54, 1.807) is 19.1 Å². The van der Waals surface area contributed by atoms with E-state index in [-0.39, 0.29) is 22.9 Å². The Morgan fingerprint density at radius 1 is 1.42 bits per heavy atom. The molecule has 0 unspecified atom stereocenters. The lowest BCUT2D eigenvalue weighted by molar-refractivity contribution is 0.0697. The fraction of sp³-hybridized carbons (Fsp3) is 0.0769. The molecular formula is C13H11FN2O3. The monoisotopic (exact) mass is 262 g/mol. The van der Waals surface area contributed by atoms with Gasteiger partial charge in [-0.25, -0.2) is 14.2 Å². The summed E-state index contributed by atoms with van der Waals surface area (Å²) in [6.07, 6.45) is 1.18. The molecule has 0 amide bonds. The van der Waals surface area contributed by atoms with Crippen molar-refractivity contribution in [3.8, 4) is 11.6 Å². The first-order chi connectivity index (χ1) is 8.97. The minimum absolute atomic E-state index is 0.0369. The second-order valence-electron chi connectivity index (χ2n) is 3.93. The molecule has 3 N–H and O–H groups in total. The molecule has 0 saturated heterocycles. The Bertz CT molecular complexity index is 644.